The first kappa shape index (κ1) is 13.4. The van der Waals surface area contributed by atoms with E-state index in [0.717, 1.165) is 0 Å². The zero-order valence-electron chi connectivity index (χ0n) is 9.54. The largest absolute Gasteiger partial charge is 0.491 e. The van der Waals surface area contributed by atoms with Crippen molar-refractivity contribution in [1.29, 1.82) is 0 Å². The first-order chi connectivity index (χ1) is 8.13. The van der Waals surface area contributed by atoms with E-state index in [0.29, 0.717) is 12.4 Å². The molecule has 1 atom stereocenters. The highest BCUT2D eigenvalue weighted by atomic mass is 16.6. The van der Waals surface area contributed by atoms with Crippen LogP contribution < -0.4 is 4.74 Å². The summed E-state index contributed by atoms with van der Waals surface area (Å²) in [6.45, 7) is 2.68. The van der Waals surface area contributed by atoms with Gasteiger partial charge in [0.2, 0.25) is 0 Å². The third-order valence-corrected chi connectivity index (χ3v) is 2.00. The standard InChI is InChI=1S/C11H15NO5/c1-2-16-7-10(13)8-17-11-5-3-9(4-6-11)12(14)15/h3-6,10,13H,2,7-8H2,1H3/t10-/m1/s1. The Hall–Kier alpha value is -1.66. The van der Waals surface area contributed by atoms with Crippen molar-refractivity contribution in [2.24, 2.45) is 0 Å². The number of nitro groups is 1. The molecule has 94 valence electrons. The summed E-state index contributed by atoms with van der Waals surface area (Å²) in [5.74, 6) is 0.478. The summed E-state index contributed by atoms with van der Waals surface area (Å²) in [4.78, 5) is 9.93. The van der Waals surface area contributed by atoms with E-state index in [9.17, 15) is 15.2 Å². The van der Waals surface area contributed by atoms with Crippen LogP contribution in [-0.4, -0.2) is 36.0 Å². The number of aliphatic hydroxyl groups is 1. The van der Waals surface area contributed by atoms with Crippen molar-refractivity contribution in [3.63, 3.8) is 0 Å². The molecule has 17 heavy (non-hydrogen) atoms. The Morgan fingerprint density at radius 3 is 2.53 bits per heavy atom. The van der Waals surface area contributed by atoms with Gasteiger partial charge in [-0.15, -0.1) is 0 Å². The van der Waals surface area contributed by atoms with Crippen molar-refractivity contribution in [3.8, 4) is 5.75 Å². The third kappa shape index (κ3) is 4.80. The van der Waals surface area contributed by atoms with Gasteiger partial charge in [0.1, 0.15) is 18.5 Å². The fraction of sp³-hybridized carbons (Fsp3) is 0.455. The van der Waals surface area contributed by atoms with Crippen LogP contribution in [0.4, 0.5) is 5.69 Å². The Morgan fingerprint density at radius 1 is 1.35 bits per heavy atom. The zero-order valence-corrected chi connectivity index (χ0v) is 9.54. The number of benzene rings is 1. The van der Waals surface area contributed by atoms with Crippen LogP contribution in [0.25, 0.3) is 0 Å². The maximum atomic E-state index is 10.4. The number of nitro benzene ring substituents is 1. The first-order valence-electron chi connectivity index (χ1n) is 5.26. The molecule has 0 fully saturated rings. The number of rotatable bonds is 7. The minimum Gasteiger partial charge on any atom is -0.491 e. The Balaban J connectivity index is 2.39. The smallest absolute Gasteiger partial charge is 0.269 e. The molecule has 0 aromatic heterocycles. The van der Waals surface area contributed by atoms with Gasteiger partial charge in [-0.1, -0.05) is 0 Å². The fourth-order valence-electron chi connectivity index (χ4n) is 1.16. The average Bonchev–Trinajstić information content (AvgIpc) is 2.34. The summed E-state index contributed by atoms with van der Waals surface area (Å²) in [6, 6.07) is 5.69. The molecule has 0 amide bonds. The van der Waals surface area contributed by atoms with Crippen LogP contribution in [0, 0.1) is 10.1 Å². The van der Waals surface area contributed by atoms with Gasteiger partial charge >= 0.3 is 0 Å². The molecule has 1 aromatic rings. The van der Waals surface area contributed by atoms with Gasteiger partial charge in [0.15, 0.2) is 0 Å². The fourth-order valence-corrected chi connectivity index (χ4v) is 1.16. The molecule has 1 rings (SSSR count). The number of hydrogen-bond acceptors (Lipinski definition) is 5. The first-order valence-corrected chi connectivity index (χ1v) is 5.26. The second kappa shape index (κ2) is 6.82. The lowest BCUT2D eigenvalue weighted by Gasteiger charge is -2.11. The third-order valence-electron chi connectivity index (χ3n) is 2.00. The summed E-state index contributed by atoms with van der Waals surface area (Å²) in [5, 5.41) is 19.8. The maximum absolute atomic E-state index is 10.4. The van der Waals surface area contributed by atoms with Gasteiger partial charge in [0.05, 0.1) is 11.5 Å². The number of nitrogens with zero attached hydrogens (tertiary/aromatic N) is 1. The van der Waals surface area contributed by atoms with Crippen molar-refractivity contribution < 1.29 is 19.5 Å². The highest BCUT2D eigenvalue weighted by Crippen LogP contribution is 2.17. The van der Waals surface area contributed by atoms with Crippen LogP contribution >= 0.6 is 0 Å². The molecule has 0 heterocycles. The SMILES string of the molecule is CCOC[C@@H](O)COc1ccc([N+](=O)[O-])cc1. The lowest BCUT2D eigenvalue weighted by atomic mass is 10.3. The number of aliphatic hydroxyl groups excluding tert-OH is 1. The van der Waals surface area contributed by atoms with Crippen molar-refractivity contribution in [1.82, 2.24) is 0 Å². The summed E-state index contributed by atoms with van der Waals surface area (Å²) in [6.07, 6.45) is -0.704. The zero-order chi connectivity index (χ0) is 12.7. The molecule has 0 aliphatic heterocycles. The van der Waals surface area contributed by atoms with Crippen molar-refractivity contribution >= 4 is 5.69 Å². The number of ether oxygens (including phenoxy) is 2. The van der Waals surface area contributed by atoms with E-state index >= 15 is 0 Å². The van der Waals surface area contributed by atoms with E-state index in [4.69, 9.17) is 9.47 Å². The second-order valence-corrected chi connectivity index (χ2v) is 3.38. The summed E-state index contributed by atoms with van der Waals surface area (Å²) in [7, 11) is 0. The number of hydrogen-bond donors (Lipinski definition) is 1. The summed E-state index contributed by atoms with van der Waals surface area (Å²) < 4.78 is 10.3. The highest BCUT2D eigenvalue weighted by molar-refractivity contribution is 5.35. The second-order valence-electron chi connectivity index (χ2n) is 3.38. The predicted molar refractivity (Wildman–Crippen MR) is 61.1 cm³/mol. The molecule has 0 saturated heterocycles. The molecule has 6 heteroatoms. The molecule has 1 aromatic carbocycles. The van der Waals surface area contributed by atoms with E-state index in [1.165, 1.54) is 24.3 Å². The lowest BCUT2D eigenvalue weighted by molar-refractivity contribution is -0.384. The molecule has 0 aliphatic rings. The van der Waals surface area contributed by atoms with Crippen LogP contribution in [-0.2, 0) is 4.74 Å². The minimum absolute atomic E-state index is 0.00668. The highest BCUT2D eigenvalue weighted by Gasteiger charge is 2.07. The number of non-ortho nitro benzene ring substituents is 1. The van der Waals surface area contributed by atoms with E-state index in [1.54, 1.807) is 0 Å². The lowest BCUT2D eigenvalue weighted by Crippen LogP contribution is -2.23. The molecule has 6 nitrogen and oxygen atoms in total. The van der Waals surface area contributed by atoms with Crippen LogP contribution in [0.2, 0.25) is 0 Å². The van der Waals surface area contributed by atoms with Crippen LogP contribution in [0.1, 0.15) is 6.92 Å². The van der Waals surface area contributed by atoms with Gasteiger partial charge in [0, 0.05) is 18.7 Å². The monoisotopic (exact) mass is 241 g/mol. The molecule has 0 aliphatic carbocycles. The van der Waals surface area contributed by atoms with Gasteiger partial charge in [-0.3, -0.25) is 10.1 Å². The van der Waals surface area contributed by atoms with E-state index in [1.807, 2.05) is 6.92 Å². The minimum atomic E-state index is -0.704. The predicted octanol–water partition coefficient (Wildman–Crippen LogP) is 1.37. The van der Waals surface area contributed by atoms with Gasteiger partial charge in [-0.2, -0.15) is 0 Å². The molecule has 0 unspecified atom stereocenters. The average molecular weight is 241 g/mol. The quantitative estimate of drug-likeness (QED) is 0.576. The topological polar surface area (TPSA) is 81.8 Å². The molecule has 0 saturated carbocycles. The molecule has 0 radical (unpaired) electrons. The van der Waals surface area contributed by atoms with Gasteiger partial charge in [0.25, 0.3) is 5.69 Å². The van der Waals surface area contributed by atoms with Gasteiger partial charge < -0.3 is 14.6 Å². The normalized spacial score (nSPS) is 12.1. The molecule has 1 N–H and O–H groups in total. The van der Waals surface area contributed by atoms with Crippen LogP contribution in [0.3, 0.4) is 0 Å². The van der Waals surface area contributed by atoms with Crippen LogP contribution in [0.5, 0.6) is 5.75 Å². The molecular weight excluding hydrogens is 226 g/mol. The Kier molecular flexibility index (Phi) is 5.38. The molecular formula is C11H15NO5. The van der Waals surface area contributed by atoms with Crippen LogP contribution in [0.15, 0.2) is 24.3 Å². The van der Waals surface area contributed by atoms with E-state index in [-0.39, 0.29) is 18.9 Å². The van der Waals surface area contributed by atoms with Crippen molar-refractivity contribution in [3.05, 3.63) is 34.4 Å². The van der Waals surface area contributed by atoms with Crippen molar-refractivity contribution in [2.75, 3.05) is 19.8 Å². The Morgan fingerprint density at radius 2 is 2.00 bits per heavy atom. The summed E-state index contributed by atoms with van der Waals surface area (Å²) in [5.41, 5.74) is 0.00668. The maximum Gasteiger partial charge on any atom is 0.269 e. The van der Waals surface area contributed by atoms with Gasteiger partial charge in [-0.25, -0.2) is 0 Å². The van der Waals surface area contributed by atoms with Gasteiger partial charge in [-0.05, 0) is 19.1 Å². The summed E-state index contributed by atoms with van der Waals surface area (Å²) >= 11 is 0. The Bertz CT molecular complexity index is 351. The van der Waals surface area contributed by atoms with Crippen molar-refractivity contribution in [2.45, 2.75) is 13.0 Å². The molecule has 0 bridgehead atoms. The van der Waals surface area contributed by atoms with E-state index in [2.05, 4.69) is 0 Å². The molecule has 0 spiro atoms. The Labute approximate surface area is 98.9 Å². The van der Waals surface area contributed by atoms with E-state index < -0.39 is 11.0 Å².